The van der Waals surface area contributed by atoms with Crippen LogP contribution in [0.25, 0.3) is 22.6 Å². The number of fused-ring (bicyclic) bond motifs is 1. The van der Waals surface area contributed by atoms with Crippen molar-refractivity contribution < 1.29 is 4.74 Å². The van der Waals surface area contributed by atoms with Gasteiger partial charge in [-0.05, 0) is 68.6 Å². The number of nitrogens with one attached hydrogen (secondary N) is 2. The predicted octanol–water partition coefficient (Wildman–Crippen LogP) is 6.02. The molecule has 0 aliphatic rings. The van der Waals surface area contributed by atoms with E-state index in [0.717, 1.165) is 44.3 Å². The van der Waals surface area contributed by atoms with Crippen molar-refractivity contribution in [1.82, 2.24) is 9.88 Å². The summed E-state index contributed by atoms with van der Waals surface area (Å²) in [5.74, 6) is 0.685. The number of nitrogens with zero attached hydrogens (tertiary/aromatic N) is 1. The molecule has 0 spiro atoms. The van der Waals surface area contributed by atoms with Gasteiger partial charge in [-0.25, -0.2) is 0 Å². The molecule has 0 unspecified atom stereocenters. The van der Waals surface area contributed by atoms with Crippen LogP contribution in [0, 0.1) is 12.3 Å². The highest BCUT2D eigenvalue weighted by Gasteiger charge is 2.09. The van der Waals surface area contributed by atoms with Gasteiger partial charge in [0.1, 0.15) is 12.4 Å². The van der Waals surface area contributed by atoms with E-state index >= 15 is 0 Å². The first-order valence-electron chi connectivity index (χ1n) is 8.96. The molecular weight excluding hydrogens is 438 g/mol. The van der Waals surface area contributed by atoms with Gasteiger partial charge in [-0.2, -0.15) is 0 Å². The maximum absolute atomic E-state index is 7.88. The second-order valence-electron chi connectivity index (χ2n) is 6.95. The Bertz CT molecular complexity index is 1040. The van der Waals surface area contributed by atoms with Gasteiger partial charge in [0.15, 0.2) is 0 Å². The summed E-state index contributed by atoms with van der Waals surface area (Å²) in [5.41, 5.74) is 4.71. The second-order valence-corrected chi connectivity index (χ2v) is 8.27. The summed E-state index contributed by atoms with van der Waals surface area (Å²) in [6.45, 7) is 3.42. The molecule has 2 aromatic carbocycles. The summed E-state index contributed by atoms with van der Waals surface area (Å²) in [4.78, 5) is 5.44. The molecule has 146 valence electrons. The highest BCUT2D eigenvalue weighted by atomic mass is 79.9. The molecule has 2 N–H and O–H groups in total. The zero-order valence-corrected chi connectivity index (χ0v) is 18.5. The Morgan fingerprint density at radius 3 is 2.75 bits per heavy atom. The van der Waals surface area contributed by atoms with E-state index in [-0.39, 0.29) is 0 Å². The number of halogens is 2. The Balaban J connectivity index is 1.91. The fourth-order valence-corrected chi connectivity index (χ4v) is 3.48. The summed E-state index contributed by atoms with van der Waals surface area (Å²) < 4.78 is 6.82. The van der Waals surface area contributed by atoms with E-state index in [1.807, 2.05) is 63.5 Å². The molecule has 0 amide bonds. The molecule has 1 aromatic heterocycles. The normalized spacial score (nSPS) is 12.0. The lowest BCUT2D eigenvalue weighted by Gasteiger charge is -2.13. The molecule has 0 radical (unpaired) electrons. The van der Waals surface area contributed by atoms with Gasteiger partial charge in [0.05, 0.1) is 5.02 Å². The average Bonchev–Trinajstić information content (AvgIpc) is 3.05. The summed E-state index contributed by atoms with van der Waals surface area (Å²) in [6.07, 6.45) is 3.33. The minimum atomic E-state index is 0.570. The number of rotatable bonds is 7. The number of benzene rings is 2. The SMILES string of the molecule is Cc1cc(OCCN(C)C)c(Cl)cc1/C=C(\C=N)c1cc2ccc(Br)cc2[nH]1. The molecule has 0 aliphatic carbocycles. The first kappa shape index (κ1) is 20.6. The van der Waals surface area contributed by atoms with E-state index in [1.165, 1.54) is 6.21 Å². The van der Waals surface area contributed by atoms with Gasteiger partial charge in [-0.1, -0.05) is 33.6 Å². The number of aromatic nitrogens is 1. The van der Waals surface area contributed by atoms with Gasteiger partial charge in [-0.15, -0.1) is 0 Å². The van der Waals surface area contributed by atoms with Crippen LogP contribution in [0.1, 0.15) is 16.8 Å². The summed E-state index contributed by atoms with van der Waals surface area (Å²) in [7, 11) is 4.01. The fraction of sp³-hybridized carbons (Fsp3) is 0.227. The number of ether oxygens (including phenoxy) is 1. The fourth-order valence-electron chi connectivity index (χ4n) is 2.89. The molecule has 0 aliphatic heterocycles. The second kappa shape index (κ2) is 8.95. The highest BCUT2D eigenvalue weighted by molar-refractivity contribution is 9.10. The van der Waals surface area contributed by atoms with Crippen LogP contribution in [0.5, 0.6) is 5.75 Å². The smallest absolute Gasteiger partial charge is 0.138 e. The van der Waals surface area contributed by atoms with Crippen molar-refractivity contribution >= 4 is 56.3 Å². The van der Waals surface area contributed by atoms with Crippen molar-refractivity contribution in [3.05, 3.63) is 62.7 Å². The first-order valence-corrected chi connectivity index (χ1v) is 10.1. The standard InChI is InChI=1S/C22H23BrClN3O/c1-14-8-22(28-7-6-27(2)3)19(24)10-16(14)9-17(13-25)20-11-15-4-5-18(23)12-21(15)26-20/h4-5,8-13,25-26H,6-7H2,1-3H3/b17-9+,25-13?. The molecule has 1 heterocycles. The number of hydrogen-bond acceptors (Lipinski definition) is 3. The van der Waals surface area contributed by atoms with E-state index in [1.54, 1.807) is 0 Å². The topological polar surface area (TPSA) is 52.1 Å². The Kier molecular flexibility index (Phi) is 6.60. The van der Waals surface area contributed by atoms with Crippen LogP contribution in [-0.4, -0.2) is 43.3 Å². The molecule has 28 heavy (non-hydrogen) atoms. The quantitative estimate of drug-likeness (QED) is 0.423. The minimum absolute atomic E-state index is 0.570. The average molecular weight is 461 g/mol. The molecule has 0 saturated carbocycles. The monoisotopic (exact) mass is 459 g/mol. The zero-order chi connectivity index (χ0) is 20.3. The van der Waals surface area contributed by atoms with Crippen molar-refractivity contribution in [3.63, 3.8) is 0 Å². The molecule has 0 bridgehead atoms. The molecule has 3 aromatic rings. The van der Waals surface area contributed by atoms with E-state index in [2.05, 4.69) is 25.8 Å². The third-order valence-corrected chi connectivity index (χ3v) is 5.27. The summed E-state index contributed by atoms with van der Waals surface area (Å²) >= 11 is 9.92. The van der Waals surface area contributed by atoms with Crippen molar-refractivity contribution in [2.24, 2.45) is 0 Å². The van der Waals surface area contributed by atoms with Crippen LogP contribution in [0.15, 0.2) is 40.9 Å². The molecule has 6 heteroatoms. The molecular formula is C22H23BrClN3O. The van der Waals surface area contributed by atoms with Crippen LogP contribution in [0.3, 0.4) is 0 Å². The molecule has 0 atom stereocenters. The lowest BCUT2D eigenvalue weighted by Crippen LogP contribution is -2.19. The van der Waals surface area contributed by atoms with Gasteiger partial charge < -0.3 is 20.0 Å². The highest BCUT2D eigenvalue weighted by Crippen LogP contribution is 2.31. The Morgan fingerprint density at radius 2 is 2.04 bits per heavy atom. The van der Waals surface area contributed by atoms with Crippen molar-refractivity contribution in [2.75, 3.05) is 27.2 Å². The Morgan fingerprint density at radius 1 is 1.25 bits per heavy atom. The van der Waals surface area contributed by atoms with Gasteiger partial charge in [0, 0.05) is 39.4 Å². The van der Waals surface area contributed by atoms with Gasteiger partial charge in [0.25, 0.3) is 0 Å². The molecule has 3 rings (SSSR count). The van der Waals surface area contributed by atoms with E-state index in [9.17, 15) is 0 Å². The molecule has 4 nitrogen and oxygen atoms in total. The van der Waals surface area contributed by atoms with Crippen molar-refractivity contribution in [3.8, 4) is 5.75 Å². The number of H-pyrrole nitrogens is 1. The third-order valence-electron chi connectivity index (χ3n) is 4.48. The van der Waals surface area contributed by atoms with E-state index < -0.39 is 0 Å². The zero-order valence-electron chi connectivity index (χ0n) is 16.1. The summed E-state index contributed by atoms with van der Waals surface area (Å²) in [6, 6.07) is 12.0. The van der Waals surface area contributed by atoms with E-state index in [0.29, 0.717) is 17.4 Å². The van der Waals surface area contributed by atoms with Crippen molar-refractivity contribution in [1.29, 1.82) is 5.41 Å². The number of hydrogen-bond donors (Lipinski definition) is 2. The number of aromatic amines is 1. The Hall–Kier alpha value is -2.08. The first-order chi connectivity index (χ1) is 13.4. The van der Waals surface area contributed by atoms with Gasteiger partial charge in [0.2, 0.25) is 0 Å². The van der Waals surface area contributed by atoms with Crippen LogP contribution in [0.2, 0.25) is 5.02 Å². The van der Waals surface area contributed by atoms with Crippen LogP contribution < -0.4 is 4.74 Å². The van der Waals surface area contributed by atoms with Crippen LogP contribution in [0.4, 0.5) is 0 Å². The number of allylic oxidation sites excluding steroid dienone is 1. The Labute approximate surface area is 178 Å². The maximum atomic E-state index is 7.88. The largest absolute Gasteiger partial charge is 0.491 e. The predicted molar refractivity (Wildman–Crippen MR) is 123 cm³/mol. The maximum Gasteiger partial charge on any atom is 0.138 e. The van der Waals surface area contributed by atoms with E-state index in [4.69, 9.17) is 21.7 Å². The third kappa shape index (κ3) is 4.85. The lowest BCUT2D eigenvalue weighted by molar-refractivity contribution is 0.261. The summed E-state index contributed by atoms with van der Waals surface area (Å²) in [5, 5.41) is 9.55. The van der Waals surface area contributed by atoms with Gasteiger partial charge in [-0.3, -0.25) is 0 Å². The van der Waals surface area contributed by atoms with Crippen molar-refractivity contribution in [2.45, 2.75) is 6.92 Å². The lowest BCUT2D eigenvalue weighted by atomic mass is 10.0. The number of likely N-dealkylation sites (N-methyl/N-ethyl adjacent to an activating group) is 1. The molecule has 0 saturated heterocycles. The van der Waals surface area contributed by atoms with Crippen LogP contribution >= 0.6 is 27.5 Å². The molecule has 0 fully saturated rings. The van der Waals surface area contributed by atoms with Crippen LogP contribution in [-0.2, 0) is 0 Å². The minimum Gasteiger partial charge on any atom is -0.491 e. The number of aryl methyl sites for hydroxylation is 1. The van der Waals surface area contributed by atoms with Gasteiger partial charge >= 0.3 is 0 Å².